The molecule has 0 spiro atoms. The molecule has 20 heavy (non-hydrogen) atoms. The molecule has 0 saturated heterocycles. The average Bonchev–Trinajstić information content (AvgIpc) is 2.80. The number of H-pyrrole nitrogens is 2. The average molecular weight is 307 g/mol. The van der Waals surface area contributed by atoms with Crippen LogP contribution in [0.5, 0.6) is 0 Å². The Kier molecular flexibility index (Phi) is 3.12. The summed E-state index contributed by atoms with van der Waals surface area (Å²) in [7, 11) is 0. The molecule has 0 aliphatic rings. The molecule has 3 rings (SSSR count). The molecule has 1 heterocycles. The van der Waals surface area contributed by atoms with Crippen LogP contribution in [0.1, 0.15) is 15.9 Å². The van der Waals surface area contributed by atoms with Crippen LogP contribution in [0.15, 0.2) is 41.2 Å². The van der Waals surface area contributed by atoms with E-state index in [-0.39, 0.29) is 16.5 Å². The first kappa shape index (κ1) is 13.0. The second-order valence-corrected chi connectivity index (χ2v) is 5.06. The molecule has 2 N–H and O–H groups in total. The summed E-state index contributed by atoms with van der Waals surface area (Å²) in [6.07, 6.45) is 0. The molecule has 0 bridgehead atoms. The molecule has 0 saturated carbocycles. The fourth-order valence-corrected chi connectivity index (χ4v) is 2.39. The summed E-state index contributed by atoms with van der Waals surface area (Å²) < 4.78 is 0. The Bertz CT molecular complexity index is 880. The molecule has 6 heteroatoms. The van der Waals surface area contributed by atoms with E-state index in [1.807, 2.05) is 0 Å². The summed E-state index contributed by atoms with van der Waals surface area (Å²) in [4.78, 5) is 28.9. The van der Waals surface area contributed by atoms with Crippen molar-refractivity contribution in [1.82, 2.24) is 9.97 Å². The third-order valence-corrected chi connectivity index (χ3v) is 3.79. The number of hydrogen-bond acceptors (Lipinski definition) is 2. The first-order valence-corrected chi connectivity index (χ1v) is 6.52. The number of benzene rings is 2. The lowest BCUT2D eigenvalue weighted by atomic mass is 10.0. The molecule has 100 valence electrons. The Labute approximate surface area is 123 Å². The van der Waals surface area contributed by atoms with Gasteiger partial charge in [0.25, 0.3) is 0 Å². The minimum absolute atomic E-state index is 0.224. The lowest BCUT2D eigenvalue weighted by molar-refractivity contribution is 0.103. The van der Waals surface area contributed by atoms with Gasteiger partial charge in [0.2, 0.25) is 0 Å². The summed E-state index contributed by atoms with van der Waals surface area (Å²) >= 11 is 12.0. The number of aromatic nitrogens is 2. The molecule has 0 unspecified atom stereocenters. The van der Waals surface area contributed by atoms with Crippen molar-refractivity contribution in [1.29, 1.82) is 0 Å². The maximum Gasteiger partial charge on any atom is 0.323 e. The van der Waals surface area contributed by atoms with E-state index in [4.69, 9.17) is 23.2 Å². The number of fused-ring (bicyclic) bond motifs is 1. The summed E-state index contributed by atoms with van der Waals surface area (Å²) in [5, 5.41) is 0.551. The van der Waals surface area contributed by atoms with Gasteiger partial charge in [0, 0.05) is 11.1 Å². The predicted molar refractivity (Wildman–Crippen MR) is 78.8 cm³/mol. The third-order valence-electron chi connectivity index (χ3n) is 2.97. The molecule has 2 aromatic carbocycles. The van der Waals surface area contributed by atoms with Gasteiger partial charge in [-0.2, -0.15) is 0 Å². The summed E-state index contributed by atoms with van der Waals surface area (Å²) in [6.45, 7) is 0. The fourth-order valence-electron chi connectivity index (χ4n) is 2.01. The second-order valence-electron chi connectivity index (χ2n) is 4.27. The van der Waals surface area contributed by atoms with Crippen LogP contribution in [0.2, 0.25) is 10.0 Å². The summed E-state index contributed by atoms with van der Waals surface area (Å²) in [5.41, 5.74) is 1.65. The van der Waals surface area contributed by atoms with Gasteiger partial charge in [0.15, 0.2) is 5.78 Å². The maximum atomic E-state index is 12.4. The number of rotatable bonds is 2. The van der Waals surface area contributed by atoms with Crippen LogP contribution < -0.4 is 5.69 Å². The molecule has 0 amide bonds. The Morgan fingerprint density at radius 1 is 1.00 bits per heavy atom. The lowest BCUT2D eigenvalue weighted by Gasteiger charge is -2.05. The molecule has 0 atom stereocenters. The molecule has 0 radical (unpaired) electrons. The Morgan fingerprint density at radius 3 is 2.55 bits per heavy atom. The summed E-state index contributed by atoms with van der Waals surface area (Å²) in [6, 6.07) is 9.80. The van der Waals surface area contributed by atoms with Gasteiger partial charge in [0.05, 0.1) is 21.1 Å². The number of aromatic amines is 2. The van der Waals surface area contributed by atoms with E-state index in [1.165, 1.54) is 0 Å². The van der Waals surface area contributed by atoms with Crippen LogP contribution in [-0.4, -0.2) is 15.8 Å². The van der Waals surface area contributed by atoms with Crippen LogP contribution in [0.25, 0.3) is 11.0 Å². The zero-order valence-electron chi connectivity index (χ0n) is 10.0. The Hall–Kier alpha value is -2.04. The van der Waals surface area contributed by atoms with Gasteiger partial charge >= 0.3 is 5.69 Å². The van der Waals surface area contributed by atoms with Gasteiger partial charge < -0.3 is 9.97 Å². The van der Waals surface area contributed by atoms with E-state index >= 15 is 0 Å². The second kappa shape index (κ2) is 4.81. The van der Waals surface area contributed by atoms with Crippen molar-refractivity contribution in [3.63, 3.8) is 0 Å². The lowest BCUT2D eigenvalue weighted by Crippen LogP contribution is -2.02. The molecular weight excluding hydrogens is 299 g/mol. The fraction of sp³-hybridized carbons (Fsp3) is 0. The number of carbonyl (C=O) groups excluding carboxylic acids is 1. The van der Waals surface area contributed by atoms with E-state index in [0.29, 0.717) is 27.2 Å². The zero-order valence-corrected chi connectivity index (χ0v) is 11.5. The van der Waals surface area contributed by atoms with Crippen LogP contribution in [0.4, 0.5) is 0 Å². The Morgan fingerprint density at radius 2 is 1.75 bits per heavy atom. The van der Waals surface area contributed by atoms with E-state index in [9.17, 15) is 9.59 Å². The SMILES string of the molecule is O=C(c1ccc2[nH]c(=O)[nH]c2c1)c1cccc(Cl)c1Cl. The number of carbonyl (C=O) groups is 1. The van der Waals surface area contributed by atoms with Crippen molar-refractivity contribution in [3.05, 3.63) is 68.1 Å². The first-order chi connectivity index (χ1) is 9.56. The largest absolute Gasteiger partial charge is 0.323 e. The van der Waals surface area contributed by atoms with E-state index in [0.717, 1.165) is 0 Å². The highest BCUT2D eigenvalue weighted by Crippen LogP contribution is 2.27. The van der Waals surface area contributed by atoms with Gasteiger partial charge in [-0.3, -0.25) is 4.79 Å². The predicted octanol–water partition coefficient (Wildman–Crippen LogP) is 3.39. The molecule has 0 aliphatic carbocycles. The Balaban J connectivity index is 2.12. The van der Waals surface area contributed by atoms with Crippen LogP contribution in [0.3, 0.4) is 0 Å². The third kappa shape index (κ3) is 2.13. The number of halogens is 2. The monoisotopic (exact) mass is 306 g/mol. The van der Waals surface area contributed by atoms with Crippen molar-refractivity contribution < 1.29 is 4.79 Å². The van der Waals surface area contributed by atoms with Crippen LogP contribution >= 0.6 is 23.2 Å². The van der Waals surface area contributed by atoms with Crippen LogP contribution in [0, 0.1) is 0 Å². The summed E-state index contributed by atoms with van der Waals surface area (Å²) in [5.74, 6) is -0.249. The smallest absolute Gasteiger partial charge is 0.306 e. The van der Waals surface area contributed by atoms with Gasteiger partial charge in [-0.1, -0.05) is 29.3 Å². The highest BCUT2D eigenvalue weighted by Gasteiger charge is 2.15. The molecule has 0 aliphatic heterocycles. The van der Waals surface area contributed by atoms with Crippen molar-refractivity contribution in [2.75, 3.05) is 0 Å². The topological polar surface area (TPSA) is 65.7 Å². The standard InChI is InChI=1S/C14H8Cl2N2O2/c15-9-3-1-2-8(12(9)16)13(19)7-4-5-10-11(6-7)18-14(20)17-10/h1-6H,(H2,17,18,20). The number of ketones is 1. The molecular formula is C14H8Cl2N2O2. The van der Waals surface area contributed by atoms with Crippen molar-refractivity contribution in [2.45, 2.75) is 0 Å². The van der Waals surface area contributed by atoms with Crippen molar-refractivity contribution in [2.24, 2.45) is 0 Å². The molecule has 4 nitrogen and oxygen atoms in total. The normalized spacial score (nSPS) is 10.9. The maximum absolute atomic E-state index is 12.4. The molecule has 1 aromatic heterocycles. The van der Waals surface area contributed by atoms with Gasteiger partial charge in [0.1, 0.15) is 0 Å². The van der Waals surface area contributed by atoms with Crippen molar-refractivity contribution >= 4 is 40.0 Å². The minimum Gasteiger partial charge on any atom is -0.306 e. The molecule has 3 aromatic rings. The first-order valence-electron chi connectivity index (χ1n) is 5.77. The number of hydrogen-bond donors (Lipinski definition) is 2. The van der Waals surface area contributed by atoms with Crippen molar-refractivity contribution in [3.8, 4) is 0 Å². The quantitative estimate of drug-likeness (QED) is 0.713. The molecule has 0 fully saturated rings. The van der Waals surface area contributed by atoms with Gasteiger partial charge in [-0.05, 0) is 30.3 Å². The zero-order chi connectivity index (χ0) is 14.3. The highest BCUT2D eigenvalue weighted by atomic mass is 35.5. The highest BCUT2D eigenvalue weighted by molar-refractivity contribution is 6.44. The van der Waals surface area contributed by atoms with E-state index in [1.54, 1.807) is 36.4 Å². The number of imidazole rings is 1. The van der Waals surface area contributed by atoms with E-state index in [2.05, 4.69) is 9.97 Å². The minimum atomic E-state index is -0.314. The van der Waals surface area contributed by atoms with Gasteiger partial charge in [-0.15, -0.1) is 0 Å². The number of nitrogens with one attached hydrogen (secondary N) is 2. The van der Waals surface area contributed by atoms with E-state index < -0.39 is 0 Å². The van der Waals surface area contributed by atoms with Gasteiger partial charge in [-0.25, -0.2) is 4.79 Å². The van der Waals surface area contributed by atoms with Crippen LogP contribution in [-0.2, 0) is 0 Å².